The summed E-state index contributed by atoms with van der Waals surface area (Å²) in [5.74, 6) is -4.45. The summed E-state index contributed by atoms with van der Waals surface area (Å²) < 4.78 is 56.1. The number of amides is 1. The van der Waals surface area contributed by atoms with Gasteiger partial charge in [0.2, 0.25) is 0 Å². The summed E-state index contributed by atoms with van der Waals surface area (Å²) in [7, 11) is 0. The molecule has 4 heterocycles. The van der Waals surface area contributed by atoms with E-state index in [2.05, 4.69) is 30.5 Å². The van der Waals surface area contributed by atoms with Crippen LogP contribution >= 0.6 is 0 Å². The third kappa shape index (κ3) is 3.93. The molecule has 0 bridgehead atoms. The maximum absolute atomic E-state index is 14.4. The first-order valence-electron chi connectivity index (χ1n) is 10.8. The number of fused-ring (bicyclic) bond motifs is 1. The number of aromatic amines is 1. The molecule has 1 saturated carbocycles. The highest BCUT2D eigenvalue weighted by molar-refractivity contribution is 6.07. The summed E-state index contributed by atoms with van der Waals surface area (Å²) in [6.45, 7) is -0.232. The number of likely N-dealkylation sites (tertiary alicyclic amines) is 1. The number of rotatable bonds is 4. The largest absolute Gasteiger partial charge is 0.385 e. The molecule has 0 unspecified atom stereocenters. The van der Waals surface area contributed by atoms with Crippen molar-refractivity contribution in [1.29, 1.82) is 0 Å². The Kier molecular flexibility index (Phi) is 5.58. The van der Waals surface area contributed by atoms with E-state index in [4.69, 9.17) is 0 Å². The van der Waals surface area contributed by atoms with Crippen LogP contribution in [-0.4, -0.2) is 71.8 Å². The Hall–Kier alpha value is -3.35. The molecule has 2 fully saturated rings. The molecule has 2 aliphatic rings. The van der Waals surface area contributed by atoms with Crippen molar-refractivity contribution in [2.24, 2.45) is 0 Å². The first-order chi connectivity index (χ1) is 16.2. The maximum atomic E-state index is 14.4. The van der Waals surface area contributed by atoms with Crippen molar-refractivity contribution in [3.05, 3.63) is 41.9 Å². The molecule has 3 aromatic rings. The number of aliphatic hydroxyl groups excluding tert-OH is 1. The monoisotopic (exact) mass is 479 g/mol. The number of carbonyl (C=O) groups is 1. The van der Waals surface area contributed by atoms with Crippen molar-refractivity contribution in [2.45, 2.75) is 56.0 Å². The molecule has 3 aromatic heterocycles. The summed E-state index contributed by atoms with van der Waals surface area (Å²) in [5, 5.41) is 19.6. The first-order valence-corrected chi connectivity index (χ1v) is 10.8. The predicted octanol–water partition coefficient (Wildman–Crippen LogP) is 2.77. The summed E-state index contributed by atoms with van der Waals surface area (Å²) in [6, 6.07) is -0.571. The third-order valence-electron chi connectivity index (χ3n) is 6.35. The van der Waals surface area contributed by atoms with Gasteiger partial charge < -0.3 is 15.3 Å². The second kappa shape index (κ2) is 8.46. The fourth-order valence-corrected chi connectivity index (χ4v) is 4.68. The van der Waals surface area contributed by atoms with E-state index in [0.717, 1.165) is 12.5 Å². The van der Waals surface area contributed by atoms with E-state index in [1.165, 1.54) is 17.2 Å². The van der Waals surface area contributed by atoms with Crippen molar-refractivity contribution in [2.75, 3.05) is 11.9 Å². The number of carbonyl (C=O) groups excluding carboxylic acids is 1. The first kappa shape index (κ1) is 22.4. The molecule has 34 heavy (non-hydrogen) atoms. The average molecular weight is 479 g/mol. The summed E-state index contributed by atoms with van der Waals surface area (Å²) >= 11 is 0. The van der Waals surface area contributed by atoms with Crippen LogP contribution in [0.1, 0.15) is 47.8 Å². The van der Waals surface area contributed by atoms with Crippen molar-refractivity contribution < 1.29 is 27.5 Å². The molecule has 0 spiro atoms. The minimum absolute atomic E-state index is 0.0338. The molecule has 180 valence electrons. The lowest BCUT2D eigenvalue weighted by Crippen LogP contribution is -2.49. The number of aliphatic hydroxyl groups is 1. The number of hydrogen-bond acceptors (Lipinski definition) is 7. The van der Waals surface area contributed by atoms with Gasteiger partial charge in [0.25, 0.3) is 11.8 Å². The van der Waals surface area contributed by atoms with Crippen LogP contribution in [0.4, 0.5) is 23.4 Å². The van der Waals surface area contributed by atoms with Gasteiger partial charge >= 0.3 is 0 Å². The smallest absolute Gasteiger partial charge is 0.275 e. The summed E-state index contributed by atoms with van der Waals surface area (Å²) in [6.07, 6.45) is 0.284. The summed E-state index contributed by atoms with van der Waals surface area (Å²) in [5.41, 5.74) is 0.371. The Morgan fingerprint density at radius 2 is 2.12 bits per heavy atom. The van der Waals surface area contributed by atoms with Gasteiger partial charge in [0.15, 0.2) is 5.65 Å². The number of aromatic nitrogens is 5. The van der Waals surface area contributed by atoms with E-state index in [0.29, 0.717) is 5.56 Å². The highest BCUT2D eigenvalue weighted by atomic mass is 19.3. The lowest BCUT2D eigenvalue weighted by atomic mass is 9.89. The fourth-order valence-electron chi connectivity index (χ4n) is 4.68. The topological polar surface area (TPSA) is 120 Å². The Morgan fingerprint density at radius 1 is 1.29 bits per heavy atom. The fraction of sp³-hybridized carbons (Fsp3) is 0.476. The molecular formula is C21H21F4N7O2. The van der Waals surface area contributed by atoms with Gasteiger partial charge in [0.1, 0.15) is 35.9 Å². The number of alkyl halides is 3. The molecule has 13 heteroatoms. The van der Waals surface area contributed by atoms with E-state index >= 15 is 0 Å². The van der Waals surface area contributed by atoms with Gasteiger partial charge in [-0.05, 0) is 24.5 Å². The number of nitrogens with one attached hydrogen (secondary N) is 2. The van der Waals surface area contributed by atoms with Gasteiger partial charge in [0.05, 0.1) is 30.2 Å². The summed E-state index contributed by atoms with van der Waals surface area (Å²) in [4.78, 5) is 26.6. The molecule has 5 rings (SSSR count). The van der Waals surface area contributed by atoms with Gasteiger partial charge in [-0.25, -0.2) is 27.5 Å². The van der Waals surface area contributed by atoms with Crippen LogP contribution < -0.4 is 5.32 Å². The van der Waals surface area contributed by atoms with E-state index in [9.17, 15) is 27.5 Å². The molecule has 0 radical (unpaired) electrons. The second-order valence-electron chi connectivity index (χ2n) is 8.61. The normalized spacial score (nSPS) is 26.7. The average Bonchev–Trinajstić information content (AvgIpc) is 3.41. The van der Waals surface area contributed by atoms with Crippen LogP contribution in [0.5, 0.6) is 0 Å². The van der Waals surface area contributed by atoms with E-state index in [1.807, 2.05) is 0 Å². The highest BCUT2D eigenvalue weighted by Gasteiger charge is 2.46. The van der Waals surface area contributed by atoms with Crippen molar-refractivity contribution >= 4 is 22.8 Å². The van der Waals surface area contributed by atoms with Gasteiger partial charge in [-0.15, -0.1) is 0 Å². The van der Waals surface area contributed by atoms with Gasteiger partial charge in [-0.3, -0.25) is 14.9 Å². The molecular weight excluding hydrogens is 458 g/mol. The van der Waals surface area contributed by atoms with E-state index in [1.54, 1.807) is 0 Å². The number of hydrogen-bond donors (Lipinski definition) is 3. The minimum atomic E-state index is -3.25. The number of anilines is 1. The Morgan fingerprint density at radius 3 is 2.91 bits per heavy atom. The molecule has 0 aromatic carbocycles. The molecule has 1 aliphatic heterocycles. The zero-order valence-corrected chi connectivity index (χ0v) is 17.8. The zero-order chi connectivity index (χ0) is 24.0. The Labute approximate surface area is 190 Å². The van der Waals surface area contributed by atoms with Crippen LogP contribution in [0.3, 0.4) is 0 Å². The molecule has 4 atom stereocenters. The maximum Gasteiger partial charge on any atom is 0.275 e. The number of halogens is 4. The van der Waals surface area contributed by atoms with Crippen LogP contribution in [-0.2, 0) is 0 Å². The number of H-pyrrole nitrogens is 1. The second-order valence-corrected chi connectivity index (χ2v) is 8.61. The SMILES string of the molecule is O=C(c1[nH]nc2ncnc(N[C@@H]3CCCC(F)(F)[C@H]3O)c12)N1C[C@@H](F)C[C@@H]1c1cncc(F)c1. The van der Waals surface area contributed by atoms with Crippen LogP contribution in [0, 0.1) is 5.82 Å². The lowest BCUT2D eigenvalue weighted by Gasteiger charge is -2.35. The zero-order valence-electron chi connectivity index (χ0n) is 17.8. The Balaban J connectivity index is 1.49. The van der Waals surface area contributed by atoms with Crippen molar-refractivity contribution in [3.63, 3.8) is 0 Å². The predicted molar refractivity (Wildman–Crippen MR) is 111 cm³/mol. The quantitative estimate of drug-likeness (QED) is 0.492. The van der Waals surface area contributed by atoms with Crippen molar-refractivity contribution in [1.82, 2.24) is 30.0 Å². The molecule has 3 N–H and O–H groups in total. The van der Waals surface area contributed by atoms with Crippen molar-refractivity contribution in [3.8, 4) is 0 Å². The standard InChI is InChI=1S/C21H21F4N7O2/c22-11-4-10(6-26-7-11)14-5-12(23)8-32(14)20(34)16-15-18(27-9-28-19(15)31-30-16)29-13-2-1-3-21(24,25)17(13)33/h4,6-7,9,12-14,17,33H,1-3,5,8H2,(H2,27,28,29,30,31)/t12-,13+,14+,17-/m0/s1. The molecule has 1 amide bonds. The highest BCUT2D eigenvalue weighted by Crippen LogP contribution is 2.37. The minimum Gasteiger partial charge on any atom is -0.385 e. The van der Waals surface area contributed by atoms with Crippen LogP contribution in [0.2, 0.25) is 0 Å². The molecule has 9 nitrogen and oxygen atoms in total. The lowest BCUT2D eigenvalue weighted by molar-refractivity contribution is -0.135. The Bertz CT molecular complexity index is 1220. The van der Waals surface area contributed by atoms with Crippen LogP contribution in [0.25, 0.3) is 11.0 Å². The van der Waals surface area contributed by atoms with E-state index < -0.39 is 48.4 Å². The van der Waals surface area contributed by atoms with Gasteiger partial charge in [0, 0.05) is 19.0 Å². The third-order valence-corrected chi connectivity index (χ3v) is 6.35. The van der Waals surface area contributed by atoms with E-state index in [-0.39, 0.29) is 48.4 Å². The number of pyridine rings is 1. The van der Waals surface area contributed by atoms with Gasteiger partial charge in [-0.2, -0.15) is 5.10 Å². The molecule has 1 saturated heterocycles. The van der Waals surface area contributed by atoms with Gasteiger partial charge in [-0.1, -0.05) is 0 Å². The number of nitrogens with zero attached hydrogens (tertiary/aromatic N) is 5. The van der Waals surface area contributed by atoms with Crippen LogP contribution in [0.15, 0.2) is 24.8 Å². The molecule has 1 aliphatic carbocycles.